The summed E-state index contributed by atoms with van der Waals surface area (Å²) < 4.78 is 0. The first kappa shape index (κ1) is 18.4. The van der Waals surface area contributed by atoms with Gasteiger partial charge in [0, 0.05) is 18.3 Å². The van der Waals surface area contributed by atoms with Crippen LogP contribution in [0.15, 0.2) is 24.3 Å². The molecule has 2 saturated heterocycles. The quantitative estimate of drug-likeness (QED) is 0.711. The van der Waals surface area contributed by atoms with E-state index in [1.165, 1.54) is 31.5 Å². The molecule has 25 heavy (non-hydrogen) atoms. The van der Waals surface area contributed by atoms with Gasteiger partial charge in [-0.05, 0) is 68.8 Å². The van der Waals surface area contributed by atoms with Gasteiger partial charge < -0.3 is 10.2 Å². The van der Waals surface area contributed by atoms with E-state index < -0.39 is 0 Å². The van der Waals surface area contributed by atoms with Crippen molar-refractivity contribution in [2.45, 2.75) is 58.0 Å². The van der Waals surface area contributed by atoms with E-state index in [0.717, 1.165) is 31.5 Å². The summed E-state index contributed by atoms with van der Waals surface area (Å²) in [5.41, 5.74) is 8.58. The third kappa shape index (κ3) is 5.53. The van der Waals surface area contributed by atoms with Crippen LogP contribution < -0.4 is 16.2 Å². The largest absolute Gasteiger partial charge is 0.325 e. The molecule has 1 aromatic rings. The monoisotopic (exact) mass is 344 g/mol. The van der Waals surface area contributed by atoms with Crippen LogP contribution in [0.2, 0.25) is 0 Å². The van der Waals surface area contributed by atoms with E-state index in [0.29, 0.717) is 12.0 Å². The van der Waals surface area contributed by atoms with Gasteiger partial charge in [-0.25, -0.2) is 5.43 Å². The van der Waals surface area contributed by atoms with Gasteiger partial charge in [-0.2, -0.15) is 0 Å². The molecule has 0 saturated carbocycles. The highest BCUT2D eigenvalue weighted by Crippen LogP contribution is 2.16. The van der Waals surface area contributed by atoms with E-state index in [-0.39, 0.29) is 11.9 Å². The lowest BCUT2D eigenvalue weighted by Crippen LogP contribution is -2.40. The lowest BCUT2D eigenvalue weighted by molar-refractivity contribution is -0.117. The highest BCUT2D eigenvalue weighted by molar-refractivity contribution is 5.95. The van der Waals surface area contributed by atoms with E-state index in [1.807, 2.05) is 12.1 Å². The second-order valence-electron chi connectivity index (χ2n) is 7.89. The van der Waals surface area contributed by atoms with Crippen LogP contribution in [0.5, 0.6) is 0 Å². The van der Waals surface area contributed by atoms with E-state index in [9.17, 15) is 4.79 Å². The normalized spacial score (nSPS) is 24.1. The first-order valence-corrected chi connectivity index (χ1v) is 9.73. The van der Waals surface area contributed by atoms with E-state index in [4.69, 9.17) is 0 Å². The SMILES string of the molecule is CC(C)CC1CC(C(=O)Nc2ccc(CCN3CCCC3)cc2)NN1. The Hall–Kier alpha value is -1.43. The molecule has 0 aliphatic carbocycles. The molecule has 2 aliphatic heterocycles. The highest BCUT2D eigenvalue weighted by Gasteiger charge is 2.29. The molecule has 0 aromatic heterocycles. The Morgan fingerprint density at radius 3 is 2.60 bits per heavy atom. The molecular weight excluding hydrogens is 312 g/mol. The first-order chi connectivity index (χ1) is 12.1. The molecule has 1 aromatic carbocycles. The van der Waals surface area contributed by atoms with E-state index in [1.54, 1.807) is 0 Å². The zero-order valence-electron chi connectivity index (χ0n) is 15.6. The summed E-state index contributed by atoms with van der Waals surface area (Å²) >= 11 is 0. The summed E-state index contributed by atoms with van der Waals surface area (Å²) in [5.74, 6) is 0.679. The van der Waals surface area contributed by atoms with Crippen molar-refractivity contribution in [1.29, 1.82) is 0 Å². The maximum absolute atomic E-state index is 12.4. The molecule has 0 spiro atoms. The van der Waals surface area contributed by atoms with Crippen molar-refractivity contribution in [3.63, 3.8) is 0 Å². The van der Waals surface area contributed by atoms with Crippen LogP contribution in [-0.2, 0) is 11.2 Å². The predicted molar refractivity (Wildman–Crippen MR) is 102 cm³/mol. The Kier molecular flexibility index (Phi) is 6.45. The van der Waals surface area contributed by atoms with Gasteiger partial charge in [-0.15, -0.1) is 0 Å². The molecule has 2 heterocycles. The van der Waals surface area contributed by atoms with Gasteiger partial charge in [0.15, 0.2) is 0 Å². The van der Waals surface area contributed by atoms with Crippen molar-refractivity contribution < 1.29 is 4.79 Å². The molecule has 2 aliphatic rings. The fourth-order valence-corrected chi connectivity index (χ4v) is 3.80. The number of nitrogens with zero attached hydrogens (tertiary/aromatic N) is 1. The molecule has 138 valence electrons. The van der Waals surface area contributed by atoms with Crippen LogP contribution in [0.25, 0.3) is 0 Å². The van der Waals surface area contributed by atoms with Crippen molar-refractivity contribution in [1.82, 2.24) is 15.8 Å². The molecule has 2 unspecified atom stereocenters. The van der Waals surface area contributed by atoms with E-state index >= 15 is 0 Å². The predicted octanol–water partition coefficient (Wildman–Crippen LogP) is 2.54. The summed E-state index contributed by atoms with van der Waals surface area (Å²) in [4.78, 5) is 14.9. The maximum atomic E-state index is 12.4. The molecule has 2 atom stereocenters. The molecule has 1 amide bonds. The van der Waals surface area contributed by atoms with Gasteiger partial charge in [-0.3, -0.25) is 10.2 Å². The average molecular weight is 345 g/mol. The van der Waals surface area contributed by atoms with Gasteiger partial charge in [0.05, 0.1) is 0 Å². The number of amides is 1. The number of hydrogen-bond acceptors (Lipinski definition) is 4. The summed E-state index contributed by atoms with van der Waals surface area (Å²) in [6.07, 6.45) is 5.69. The number of rotatable bonds is 7. The Morgan fingerprint density at radius 2 is 1.92 bits per heavy atom. The number of benzene rings is 1. The Bertz CT molecular complexity index is 551. The number of anilines is 1. The van der Waals surface area contributed by atoms with Gasteiger partial charge in [-0.1, -0.05) is 26.0 Å². The van der Waals surface area contributed by atoms with Crippen molar-refractivity contribution in [3.05, 3.63) is 29.8 Å². The minimum absolute atomic E-state index is 0.0450. The fourth-order valence-electron chi connectivity index (χ4n) is 3.80. The number of likely N-dealkylation sites (tertiary alicyclic amines) is 1. The molecule has 5 nitrogen and oxygen atoms in total. The zero-order chi connectivity index (χ0) is 17.6. The van der Waals surface area contributed by atoms with Crippen molar-refractivity contribution in [3.8, 4) is 0 Å². The van der Waals surface area contributed by atoms with Crippen LogP contribution in [0, 0.1) is 5.92 Å². The molecule has 0 radical (unpaired) electrons. The lowest BCUT2D eigenvalue weighted by Gasteiger charge is -2.15. The van der Waals surface area contributed by atoms with Crippen molar-refractivity contribution in [2.24, 2.45) is 5.92 Å². The summed E-state index contributed by atoms with van der Waals surface area (Å²) in [7, 11) is 0. The number of nitrogens with one attached hydrogen (secondary N) is 3. The minimum atomic E-state index is -0.154. The maximum Gasteiger partial charge on any atom is 0.242 e. The zero-order valence-corrected chi connectivity index (χ0v) is 15.6. The fraction of sp³-hybridized carbons (Fsp3) is 0.650. The van der Waals surface area contributed by atoms with Gasteiger partial charge in [0.2, 0.25) is 5.91 Å². The molecular formula is C20H32N4O. The number of hydrazine groups is 1. The smallest absolute Gasteiger partial charge is 0.242 e. The second-order valence-corrected chi connectivity index (χ2v) is 7.89. The van der Waals surface area contributed by atoms with Gasteiger partial charge in [0.1, 0.15) is 6.04 Å². The van der Waals surface area contributed by atoms with Crippen LogP contribution in [-0.4, -0.2) is 42.5 Å². The van der Waals surface area contributed by atoms with Crippen molar-refractivity contribution >= 4 is 11.6 Å². The Morgan fingerprint density at radius 1 is 1.20 bits per heavy atom. The average Bonchev–Trinajstić information content (AvgIpc) is 3.25. The number of carbonyl (C=O) groups is 1. The Balaban J connectivity index is 1.44. The third-order valence-electron chi connectivity index (χ3n) is 5.19. The third-order valence-corrected chi connectivity index (χ3v) is 5.19. The van der Waals surface area contributed by atoms with Crippen LogP contribution >= 0.6 is 0 Å². The standard InChI is InChI=1S/C20H32N4O/c1-15(2)13-18-14-19(23-22-18)20(25)21-17-7-5-16(6-8-17)9-12-24-10-3-4-11-24/h5-8,15,18-19,22-23H,3-4,9-14H2,1-2H3,(H,21,25). The molecule has 5 heteroatoms. The van der Waals surface area contributed by atoms with Gasteiger partial charge in [0.25, 0.3) is 0 Å². The summed E-state index contributed by atoms with van der Waals surface area (Å²) in [6, 6.07) is 8.53. The summed E-state index contributed by atoms with van der Waals surface area (Å²) in [6.45, 7) is 8.05. The minimum Gasteiger partial charge on any atom is -0.325 e. The number of carbonyl (C=O) groups excluding carboxylic acids is 1. The van der Waals surface area contributed by atoms with Crippen molar-refractivity contribution in [2.75, 3.05) is 25.0 Å². The van der Waals surface area contributed by atoms with Crippen LogP contribution in [0.4, 0.5) is 5.69 Å². The second kappa shape index (κ2) is 8.79. The molecule has 0 bridgehead atoms. The Labute approximate surface area is 151 Å². The van der Waals surface area contributed by atoms with Crippen LogP contribution in [0.1, 0.15) is 45.1 Å². The summed E-state index contributed by atoms with van der Waals surface area (Å²) in [5, 5.41) is 3.03. The molecule has 3 rings (SSSR count). The first-order valence-electron chi connectivity index (χ1n) is 9.73. The molecule has 3 N–H and O–H groups in total. The molecule has 2 fully saturated rings. The lowest BCUT2D eigenvalue weighted by atomic mass is 10.00. The van der Waals surface area contributed by atoms with Gasteiger partial charge >= 0.3 is 0 Å². The van der Waals surface area contributed by atoms with E-state index in [2.05, 4.69) is 47.0 Å². The van der Waals surface area contributed by atoms with Crippen LogP contribution in [0.3, 0.4) is 0 Å². The highest BCUT2D eigenvalue weighted by atomic mass is 16.2. The topological polar surface area (TPSA) is 56.4 Å². The number of hydrogen-bond donors (Lipinski definition) is 3.